The number of benzene rings is 1. The molecular weight excluding hydrogens is 252 g/mol. The fourth-order valence-corrected chi connectivity index (χ4v) is 1.69. The minimum Gasteiger partial charge on any atom is -0.462 e. The molecule has 1 heterocycles. The standard InChI is InChI=1S/C14H11F2NO2/c1-2-19-14(18)11-7-13(16)12(15)6-10(11)9-4-3-5-17-8-9/h3-8H,2H2,1H3. The fourth-order valence-electron chi connectivity index (χ4n) is 1.69. The summed E-state index contributed by atoms with van der Waals surface area (Å²) in [5, 5.41) is 0. The lowest BCUT2D eigenvalue weighted by Crippen LogP contribution is -2.08. The van der Waals surface area contributed by atoms with E-state index in [9.17, 15) is 13.6 Å². The molecule has 19 heavy (non-hydrogen) atoms. The van der Waals surface area contributed by atoms with Gasteiger partial charge in [0, 0.05) is 23.5 Å². The van der Waals surface area contributed by atoms with E-state index in [1.54, 1.807) is 25.3 Å². The molecule has 0 aliphatic heterocycles. The largest absolute Gasteiger partial charge is 0.462 e. The van der Waals surface area contributed by atoms with Crippen LogP contribution in [-0.2, 0) is 4.74 Å². The number of ether oxygens (including phenoxy) is 1. The summed E-state index contributed by atoms with van der Waals surface area (Å²) in [6, 6.07) is 5.11. The van der Waals surface area contributed by atoms with Gasteiger partial charge in [-0.05, 0) is 25.1 Å². The molecule has 0 radical (unpaired) electrons. The van der Waals surface area contributed by atoms with Crippen molar-refractivity contribution in [2.75, 3.05) is 6.61 Å². The van der Waals surface area contributed by atoms with Crippen molar-refractivity contribution in [1.82, 2.24) is 4.98 Å². The molecule has 0 fully saturated rings. The van der Waals surface area contributed by atoms with Crippen molar-refractivity contribution in [3.8, 4) is 11.1 Å². The van der Waals surface area contributed by atoms with E-state index in [1.807, 2.05) is 0 Å². The van der Waals surface area contributed by atoms with Crippen molar-refractivity contribution >= 4 is 5.97 Å². The molecule has 0 bridgehead atoms. The van der Waals surface area contributed by atoms with Crippen molar-refractivity contribution in [1.29, 1.82) is 0 Å². The second kappa shape index (κ2) is 5.56. The van der Waals surface area contributed by atoms with Crippen molar-refractivity contribution < 1.29 is 18.3 Å². The summed E-state index contributed by atoms with van der Waals surface area (Å²) >= 11 is 0. The number of rotatable bonds is 3. The Hall–Kier alpha value is -2.30. The van der Waals surface area contributed by atoms with Crippen molar-refractivity contribution in [2.24, 2.45) is 0 Å². The zero-order valence-corrected chi connectivity index (χ0v) is 10.2. The van der Waals surface area contributed by atoms with E-state index in [2.05, 4.69) is 4.98 Å². The molecule has 0 atom stereocenters. The first-order valence-corrected chi connectivity index (χ1v) is 5.70. The Morgan fingerprint density at radius 1 is 1.32 bits per heavy atom. The van der Waals surface area contributed by atoms with Crippen molar-refractivity contribution in [3.05, 3.63) is 53.9 Å². The first kappa shape index (κ1) is 13.1. The molecule has 0 amide bonds. The SMILES string of the molecule is CCOC(=O)c1cc(F)c(F)cc1-c1cccnc1. The molecule has 0 aliphatic carbocycles. The number of nitrogens with zero attached hydrogens (tertiary/aromatic N) is 1. The highest BCUT2D eigenvalue weighted by Gasteiger charge is 2.18. The molecule has 98 valence electrons. The van der Waals surface area contributed by atoms with E-state index in [1.165, 1.54) is 6.20 Å². The smallest absolute Gasteiger partial charge is 0.338 e. The summed E-state index contributed by atoms with van der Waals surface area (Å²) < 4.78 is 31.5. The number of esters is 1. The highest BCUT2D eigenvalue weighted by atomic mass is 19.2. The lowest BCUT2D eigenvalue weighted by molar-refractivity contribution is 0.0526. The third-order valence-corrected chi connectivity index (χ3v) is 2.53. The number of hydrogen-bond donors (Lipinski definition) is 0. The molecule has 0 unspecified atom stereocenters. The third kappa shape index (κ3) is 2.76. The van der Waals surface area contributed by atoms with Crippen LogP contribution in [0.3, 0.4) is 0 Å². The average Bonchev–Trinajstić information content (AvgIpc) is 2.42. The van der Waals surface area contributed by atoms with Crippen LogP contribution < -0.4 is 0 Å². The molecule has 0 spiro atoms. The van der Waals surface area contributed by atoms with Crippen molar-refractivity contribution in [3.63, 3.8) is 0 Å². The molecule has 0 N–H and O–H groups in total. The maximum atomic E-state index is 13.3. The predicted octanol–water partition coefficient (Wildman–Crippen LogP) is 3.20. The number of carbonyl (C=O) groups is 1. The Morgan fingerprint density at radius 2 is 2.05 bits per heavy atom. The van der Waals surface area contributed by atoms with Crippen LogP contribution in [0.1, 0.15) is 17.3 Å². The van der Waals surface area contributed by atoms with Gasteiger partial charge >= 0.3 is 5.97 Å². The molecule has 2 rings (SSSR count). The number of halogens is 2. The van der Waals surface area contributed by atoms with Gasteiger partial charge in [0.25, 0.3) is 0 Å². The van der Waals surface area contributed by atoms with Crippen LogP contribution in [-0.4, -0.2) is 17.6 Å². The monoisotopic (exact) mass is 263 g/mol. The van der Waals surface area contributed by atoms with Gasteiger partial charge in [0.15, 0.2) is 11.6 Å². The number of carbonyl (C=O) groups excluding carboxylic acids is 1. The average molecular weight is 263 g/mol. The number of aromatic nitrogens is 1. The minimum absolute atomic E-state index is 0.0197. The Bertz CT molecular complexity index is 600. The van der Waals surface area contributed by atoms with Crippen molar-refractivity contribution in [2.45, 2.75) is 6.92 Å². The first-order chi connectivity index (χ1) is 9.13. The summed E-state index contributed by atoms with van der Waals surface area (Å²) in [5.41, 5.74) is 0.753. The first-order valence-electron chi connectivity index (χ1n) is 5.70. The van der Waals surface area contributed by atoms with E-state index in [4.69, 9.17) is 4.74 Å². The quantitative estimate of drug-likeness (QED) is 0.798. The molecule has 5 heteroatoms. The summed E-state index contributed by atoms with van der Waals surface area (Å²) in [5.74, 6) is -2.80. The molecule has 2 aromatic rings. The summed E-state index contributed by atoms with van der Waals surface area (Å²) in [6.07, 6.45) is 3.02. The van der Waals surface area contributed by atoms with Crippen LogP contribution in [0.25, 0.3) is 11.1 Å². The topological polar surface area (TPSA) is 39.2 Å². The predicted molar refractivity (Wildman–Crippen MR) is 65.5 cm³/mol. The van der Waals surface area contributed by atoms with Gasteiger partial charge in [0.1, 0.15) is 0 Å². The molecule has 0 saturated carbocycles. The third-order valence-electron chi connectivity index (χ3n) is 2.53. The second-order valence-electron chi connectivity index (χ2n) is 3.77. The van der Waals surface area contributed by atoms with Crippen LogP contribution in [0.15, 0.2) is 36.7 Å². The van der Waals surface area contributed by atoms with E-state index < -0.39 is 17.6 Å². The maximum Gasteiger partial charge on any atom is 0.338 e. The Morgan fingerprint density at radius 3 is 2.68 bits per heavy atom. The Balaban J connectivity index is 2.58. The van der Waals surface area contributed by atoms with E-state index in [0.29, 0.717) is 5.56 Å². The summed E-state index contributed by atoms with van der Waals surface area (Å²) in [7, 11) is 0. The van der Waals surface area contributed by atoms with Crippen LogP contribution in [0.4, 0.5) is 8.78 Å². The highest BCUT2D eigenvalue weighted by Crippen LogP contribution is 2.26. The van der Waals surface area contributed by atoms with Crippen LogP contribution in [0.5, 0.6) is 0 Å². The number of pyridine rings is 1. The fraction of sp³-hybridized carbons (Fsp3) is 0.143. The Kier molecular flexibility index (Phi) is 3.85. The zero-order valence-electron chi connectivity index (χ0n) is 10.2. The molecule has 0 saturated heterocycles. The van der Waals surface area contributed by atoms with Gasteiger partial charge in [0.2, 0.25) is 0 Å². The second-order valence-corrected chi connectivity index (χ2v) is 3.77. The van der Waals surface area contributed by atoms with Gasteiger partial charge in [-0.25, -0.2) is 13.6 Å². The van der Waals surface area contributed by atoms with Gasteiger partial charge in [-0.2, -0.15) is 0 Å². The molecule has 0 aliphatic rings. The normalized spacial score (nSPS) is 10.3. The molecule has 3 nitrogen and oxygen atoms in total. The molecule has 1 aromatic carbocycles. The van der Waals surface area contributed by atoms with Gasteiger partial charge in [-0.3, -0.25) is 4.98 Å². The van der Waals surface area contributed by atoms with Gasteiger partial charge in [-0.15, -0.1) is 0 Å². The zero-order chi connectivity index (χ0) is 13.8. The van der Waals surface area contributed by atoms with Gasteiger partial charge in [-0.1, -0.05) is 6.07 Å². The summed E-state index contributed by atoms with van der Waals surface area (Å²) in [6.45, 7) is 1.80. The molecular formula is C14H11F2NO2. The molecule has 1 aromatic heterocycles. The lowest BCUT2D eigenvalue weighted by atomic mass is 10.0. The highest BCUT2D eigenvalue weighted by molar-refractivity contribution is 5.97. The number of hydrogen-bond acceptors (Lipinski definition) is 3. The minimum atomic E-state index is -1.09. The van der Waals surface area contributed by atoms with Crippen LogP contribution in [0, 0.1) is 11.6 Å². The van der Waals surface area contributed by atoms with Gasteiger partial charge < -0.3 is 4.74 Å². The lowest BCUT2D eigenvalue weighted by Gasteiger charge is -2.09. The van der Waals surface area contributed by atoms with E-state index >= 15 is 0 Å². The summed E-state index contributed by atoms with van der Waals surface area (Å²) in [4.78, 5) is 15.7. The van der Waals surface area contributed by atoms with Gasteiger partial charge in [0.05, 0.1) is 12.2 Å². The van der Waals surface area contributed by atoms with E-state index in [-0.39, 0.29) is 17.7 Å². The van der Waals surface area contributed by atoms with Crippen LogP contribution in [0.2, 0.25) is 0 Å². The maximum absolute atomic E-state index is 13.3. The van der Waals surface area contributed by atoms with E-state index in [0.717, 1.165) is 12.1 Å². The van der Waals surface area contributed by atoms with Crippen LogP contribution >= 0.6 is 0 Å². The Labute approximate surface area is 108 Å².